The lowest BCUT2D eigenvalue weighted by atomic mass is 10.1. The number of carbonyl (C=O) groups excluding carboxylic acids is 1. The largest absolute Gasteiger partial charge is 0.348 e. The Hall–Kier alpha value is -3.47. The summed E-state index contributed by atoms with van der Waals surface area (Å²) in [6, 6.07) is 18.2. The smallest absolute Gasteiger partial charge is 0.251 e. The summed E-state index contributed by atoms with van der Waals surface area (Å²) < 4.78 is 28.4. The molecular formula is C25H22F2N2O. The predicted molar refractivity (Wildman–Crippen MR) is 114 cm³/mol. The summed E-state index contributed by atoms with van der Waals surface area (Å²) in [5, 5.41) is 3.90. The molecule has 3 nitrogen and oxygen atoms in total. The van der Waals surface area contributed by atoms with Crippen molar-refractivity contribution in [2.24, 2.45) is 0 Å². The van der Waals surface area contributed by atoms with E-state index in [1.165, 1.54) is 24.3 Å². The lowest BCUT2D eigenvalue weighted by Crippen LogP contribution is -2.22. The number of halogens is 2. The minimum absolute atomic E-state index is 0.176. The van der Waals surface area contributed by atoms with E-state index >= 15 is 0 Å². The first-order chi connectivity index (χ1) is 14.4. The van der Waals surface area contributed by atoms with Crippen LogP contribution in [-0.2, 0) is 13.1 Å². The zero-order valence-electron chi connectivity index (χ0n) is 16.9. The van der Waals surface area contributed by atoms with Crippen LogP contribution in [0.3, 0.4) is 0 Å². The quantitative estimate of drug-likeness (QED) is 0.467. The third kappa shape index (κ3) is 3.96. The highest BCUT2D eigenvalue weighted by molar-refractivity contribution is 5.99. The molecule has 0 aliphatic heterocycles. The van der Waals surface area contributed by atoms with Crippen LogP contribution in [-0.4, -0.2) is 10.5 Å². The van der Waals surface area contributed by atoms with Crippen molar-refractivity contribution in [2.75, 3.05) is 0 Å². The average Bonchev–Trinajstić information content (AvgIpc) is 2.99. The second-order valence-electron chi connectivity index (χ2n) is 7.46. The van der Waals surface area contributed by atoms with Crippen molar-refractivity contribution < 1.29 is 13.6 Å². The van der Waals surface area contributed by atoms with Crippen LogP contribution in [0.4, 0.5) is 8.78 Å². The number of rotatable bonds is 5. The maximum Gasteiger partial charge on any atom is 0.251 e. The molecule has 4 aromatic rings. The number of benzene rings is 3. The minimum atomic E-state index is -0.300. The van der Waals surface area contributed by atoms with E-state index in [0.717, 1.165) is 33.3 Å². The van der Waals surface area contributed by atoms with Crippen molar-refractivity contribution >= 4 is 16.8 Å². The highest BCUT2D eigenvalue weighted by Crippen LogP contribution is 2.27. The van der Waals surface area contributed by atoms with Gasteiger partial charge in [0.05, 0.1) is 0 Å². The van der Waals surface area contributed by atoms with E-state index < -0.39 is 0 Å². The Morgan fingerprint density at radius 3 is 2.10 bits per heavy atom. The number of hydrogen-bond donors (Lipinski definition) is 1. The number of aryl methyl sites for hydroxylation is 1. The van der Waals surface area contributed by atoms with Gasteiger partial charge in [0.15, 0.2) is 0 Å². The molecule has 0 unspecified atom stereocenters. The van der Waals surface area contributed by atoms with Crippen molar-refractivity contribution in [2.45, 2.75) is 26.9 Å². The Bertz CT molecular complexity index is 1210. The summed E-state index contributed by atoms with van der Waals surface area (Å²) in [5.41, 5.74) is 5.68. The van der Waals surface area contributed by atoms with Crippen LogP contribution >= 0.6 is 0 Å². The SMILES string of the molecule is Cc1c(C)n(Cc2ccc(F)cc2)c2ccc(C(=O)NCc3ccc(F)cc3)cc12. The Morgan fingerprint density at radius 1 is 0.867 bits per heavy atom. The van der Waals surface area contributed by atoms with Gasteiger partial charge < -0.3 is 9.88 Å². The number of amides is 1. The molecule has 152 valence electrons. The molecule has 0 aliphatic carbocycles. The number of fused-ring (bicyclic) bond motifs is 1. The highest BCUT2D eigenvalue weighted by atomic mass is 19.1. The second kappa shape index (κ2) is 8.11. The molecule has 0 atom stereocenters. The van der Waals surface area contributed by atoms with Gasteiger partial charge in [-0.05, 0) is 73.0 Å². The molecule has 0 saturated carbocycles. The highest BCUT2D eigenvalue weighted by Gasteiger charge is 2.14. The molecule has 30 heavy (non-hydrogen) atoms. The predicted octanol–water partition coefficient (Wildman–Crippen LogP) is 5.51. The van der Waals surface area contributed by atoms with Gasteiger partial charge in [0.2, 0.25) is 0 Å². The van der Waals surface area contributed by atoms with E-state index in [0.29, 0.717) is 18.7 Å². The van der Waals surface area contributed by atoms with E-state index in [1.54, 1.807) is 24.3 Å². The lowest BCUT2D eigenvalue weighted by molar-refractivity contribution is 0.0951. The van der Waals surface area contributed by atoms with Gasteiger partial charge in [0.25, 0.3) is 5.91 Å². The Morgan fingerprint density at radius 2 is 1.47 bits per heavy atom. The van der Waals surface area contributed by atoms with Crippen LogP contribution in [0.2, 0.25) is 0 Å². The van der Waals surface area contributed by atoms with Gasteiger partial charge in [0, 0.05) is 35.2 Å². The topological polar surface area (TPSA) is 34.0 Å². The van der Waals surface area contributed by atoms with Crippen LogP contribution in [0.1, 0.15) is 32.7 Å². The van der Waals surface area contributed by atoms with E-state index in [9.17, 15) is 13.6 Å². The van der Waals surface area contributed by atoms with Gasteiger partial charge >= 0.3 is 0 Å². The summed E-state index contributed by atoms with van der Waals surface area (Å²) in [6.07, 6.45) is 0. The minimum Gasteiger partial charge on any atom is -0.348 e. The molecule has 1 aromatic heterocycles. The first kappa shape index (κ1) is 19.8. The summed E-state index contributed by atoms with van der Waals surface area (Å²) in [4.78, 5) is 12.6. The average molecular weight is 404 g/mol. The fourth-order valence-corrected chi connectivity index (χ4v) is 3.65. The van der Waals surface area contributed by atoms with Gasteiger partial charge in [-0.1, -0.05) is 24.3 Å². The number of aromatic nitrogens is 1. The van der Waals surface area contributed by atoms with Crippen LogP contribution < -0.4 is 5.32 Å². The van der Waals surface area contributed by atoms with Gasteiger partial charge in [-0.25, -0.2) is 8.78 Å². The summed E-state index contributed by atoms with van der Waals surface area (Å²) in [5.74, 6) is -0.726. The molecule has 0 saturated heterocycles. The molecule has 0 spiro atoms. The van der Waals surface area contributed by atoms with Gasteiger partial charge in [-0.15, -0.1) is 0 Å². The Balaban J connectivity index is 1.57. The van der Waals surface area contributed by atoms with Crippen LogP contribution in [0.25, 0.3) is 10.9 Å². The fraction of sp³-hybridized carbons (Fsp3) is 0.160. The van der Waals surface area contributed by atoms with Crippen molar-refractivity contribution in [1.82, 2.24) is 9.88 Å². The third-order valence-electron chi connectivity index (χ3n) is 5.52. The number of carbonyl (C=O) groups is 1. The number of nitrogens with one attached hydrogen (secondary N) is 1. The third-order valence-corrected chi connectivity index (χ3v) is 5.52. The molecule has 4 rings (SSSR count). The first-order valence-corrected chi connectivity index (χ1v) is 9.79. The maximum atomic E-state index is 13.2. The molecule has 0 radical (unpaired) electrons. The maximum absolute atomic E-state index is 13.2. The van der Waals surface area contributed by atoms with Gasteiger partial charge in [0.1, 0.15) is 11.6 Å². The first-order valence-electron chi connectivity index (χ1n) is 9.79. The zero-order valence-corrected chi connectivity index (χ0v) is 16.9. The summed E-state index contributed by atoms with van der Waals surface area (Å²) in [7, 11) is 0. The zero-order chi connectivity index (χ0) is 21.3. The monoisotopic (exact) mass is 404 g/mol. The molecular weight excluding hydrogens is 382 g/mol. The van der Waals surface area contributed by atoms with Crippen molar-refractivity contribution in [3.05, 3.63) is 106 Å². The van der Waals surface area contributed by atoms with Gasteiger partial charge in [-0.3, -0.25) is 4.79 Å². The molecule has 1 N–H and O–H groups in total. The van der Waals surface area contributed by atoms with E-state index in [4.69, 9.17) is 0 Å². The Kier molecular flexibility index (Phi) is 5.36. The standard InChI is InChI=1S/C25H22F2N2O/c1-16-17(2)29(15-19-5-10-22(27)11-6-19)24-12-7-20(13-23(16)24)25(30)28-14-18-3-8-21(26)9-4-18/h3-13H,14-15H2,1-2H3,(H,28,30). The van der Waals surface area contributed by atoms with Crippen LogP contribution in [0, 0.1) is 25.5 Å². The summed E-state index contributed by atoms with van der Waals surface area (Å²) >= 11 is 0. The van der Waals surface area contributed by atoms with Crippen molar-refractivity contribution in [3.8, 4) is 0 Å². The Labute approximate surface area is 174 Å². The van der Waals surface area contributed by atoms with Gasteiger partial charge in [-0.2, -0.15) is 0 Å². The molecule has 0 fully saturated rings. The van der Waals surface area contributed by atoms with Crippen molar-refractivity contribution in [3.63, 3.8) is 0 Å². The summed E-state index contributed by atoms with van der Waals surface area (Å²) in [6.45, 7) is 5.06. The molecule has 1 heterocycles. The molecule has 5 heteroatoms. The molecule has 1 amide bonds. The lowest BCUT2D eigenvalue weighted by Gasteiger charge is -2.09. The van der Waals surface area contributed by atoms with Crippen LogP contribution in [0.5, 0.6) is 0 Å². The molecule has 0 bridgehead atoms. The number of nitrogens with zero attached hydrogens (tertiary/aromatic N) is 1. The normalized spacial score (nSPS) is 11.1. The van der Waals surface area contributed by atoms with E-state index in [1.807, 2.05) is 32.0 Å². The fourth-order valence-electron chi connectivity index (χ4n) is 3.65. The second-order valence-corrected chi connectivity index (χ2v) is 7.46. The van der Waals surface area contributed by atoms with E-state index in [-0.39, 0.29) is 17.5 Å². The van der Waals surface area contributed by atoms with Crippen LogP contribution in [0.15, 0.2) is 66.7 Å². The molecule has 0 aliphatic rings. The van der Waals surface area contributed by atoms with Crippen molar-refractivity contribution in [1.29, 1.82) is 0 Å². The van der Waals surface area contributed by atoms with E-state index in [2.05, 4.69) is 9.88 Å². The number of hydrogen-bond acceptors (Lipinski definition) is 1. The molecule has 3 aromatic carbocycles.